The van der Waals surface area contributed by atoms with E-state index in [1.807, 2.05) is 12.2 Å². The molecule has 0 fully saturated rings. The fourth-order valence-corrected chi connectivity index (χ4v) is 1.05. The van der Waals surface area contributed by atoms with Crippen molar-refractivity contribution in [3.63, 3.8) is 0 Å². The Balaban J connectivity index is 2.48. The highest BCUT2D eigenvalue weighted by molar-refractivity contribution is 5.56. The summed E-state index contributed by atoms with van der Waals surface area (Å²) in [4.78, 5) is 10.2. The molecular weight excluding hydrogens is 114 g/mol. The summed E-state index contributed by atoms with van der Waals surface area (Å²) in [7, 11) is 0. The third kappa shape index (κ3) is 1.64. The number of hydrogen-bond donors (Lipinski definition) is 1. The number of allylic oxidation sites excluding steroid dienone is 1. The van der Waals surface area contributed by atoms with Crippen LogP contribution in [-0.2, 0) is 4.79 Å². The van der Waals surface area contributed by atoms with E-state index in [-0.39, 0.29) is 12.0 Å². The van der Waals surface area contributed by atoms with Gasteiger partial charge in [0.05, 0.1) is 0 Å². The minimum atomic E-state index is 0.0775. The normalized spacial score (nSPS) is 34.3. The van der Waals surface area contributed by atoms with E-state index in [9.17, 15) is 4.79 Å². The van der Waals surface area contributed by atoms with Gasteiger partial charge in [0.15, 0.2) is 0 Å². The lowest BCUT2D eigenvalue weighted by molar-refractivity contribution is -0.110. The molecule has 0 aromatic heterocycles. The second kappa shape index (κ2) is 2.78. The highest BCUT2D eigenvalue weighted by Crippen LogP contribution is 2.13. The molecule has 9 heavy (non-hydrogen) atoms. The van der Waals surface area contributed by atoms with Crippen LogP contribution in [-0.4, -0.2) is 12.3 Å². The van der Waals surface area contributed by atoms with Crippen LogP contribution in [0.15, 0.2) is 12.2 Å². The van der Waals surface area contributed by atoms with E-state index >= 15 is 0 Å². The first-order valence-corrected chi connectivity index (χ1v) is 3.20. The van der Waals surface area contributed by atoms with E-state index in [2.05, 4.69) is 0 Å². The minimum absolute atomic E-state index is 0.0775. The van der Waals surface area contributed by atoms with Gasteiger partial charge in [0.1, 0.15) is 6.29 Å². The largest absolute Gasteiger partial charge is 0.327 e. The summed E-state index contributed by atoms with van der Waals surface area (Å²) in [6.07, 6.45) is 6.60. The molecule has 2 atom stereocenters. The van der Waals surface area contributed by atoms with Gasteiger partial charge in [-0.3, -0.25) is 0 Å². The Morgan fingerprint density at radius 2 is 2.44 bits per heavy atom. The van der Waals surface area contributed by atoms with Crippen LogP contribution in [0, 0.1) is 5.92 Å². The van der Waals surface area contributed by atoms with Crippen molar-refractivity contribution < 1.29 is 4.79 Å². The van der Waals surface area contributed by atoms with Gasteiger partial charge in [-0.1, -0.05) is 12.2 Å². The van der Waals surface area contributed by atoms with Crippen LogP contribution in [0.4, 0.5) is 0 Å². The third-order valence-electron chi connectivity index (χ3n) is 1.57. The molecule has 0 saturated heterocycles. The molecule has 0 spiro atoms. The summed E-state index contributed by atoms with van der Waals surface area (Å²) < 4.78 is 0. The Labute approximate surface area is 54.7 Å². The van der Waals surface area contributed by atoms with E-state index in [0.717, 1.165) is 19.1 Å². The zero-order valence-electron chi connectivity index (χ0n) is 5.29. The fourth-order valence-electron chi connectivity index (χ4n) is 1.05. The molecule has 0 saturated carbocycles. The molecule has 2 N–H and O–H groups in total. The second-order valence-electron chi connectivity index (χ2n) is 2.46. The van der Waals surface area contributed by atoms with Crippen molar-refractivity contribution in [2.24, 2.45) is 11.7 Å². The highest BCUT2D eigenvalue weighted by atomic mass is 16.1. The first-order valence-electron chi connectivity index (χ1n) is 3.20. The van der Waals surface area contributed by atoms with Crippen LogP contribution in [0.25, 0.3) is 0 Å². The molecule has 1 aliphatic rings. The summed E-state index contributed by atoms with van der Waals surface area (Å²) in [5, 5.41) is 0. The Hall–Kier alpha value is -0.630. The van der Waals surface area contributed by atoms with Crippen molar-refractivity contribution in [1.82, 2.24) is 0 Å². The molecule has 1 rings (SSSR count). The molecule has 1 aliphatic carbocycles. The SMILES string of the molecule is NC1CC=CC(C=O)C1. The van der Waals surface area contributed by atoms with Gasteiger partial charge in [-0.15, -0.1) is 0 Å². The van der Waals surface area contributed by atoms with E-state index in [4.69, 9.17) is 5.73 Å². The number of carbonyl (C=O) groups excluding carboxylic acids is 1. The first-order chi connectivity index (χ1) is 4.33. The molecule has 2 heteroatoms. The van der Waals surface area contributed by atoms with Gasteiger partial charge in [-0.25, -0.2) is 0 Å². The van der Waals surface area contributed by atoms with Crippen molar-refractivity contribution in [3.8, 4) is 0 Å². The van der Waals surface area contributed by atoms with E-state index in [1.54, 1.807) is 0 Å². The Kier molecular flexibility index (Phi) is 2.01. The molecule has 0 bridgehead atoms. The third-order valence-corrected chi connectivity index (χ3v) is 1.57. The quantitative estimate of drug-likeness (QED) is 0.409. The van der Waals surface area contributed by atoms with Gasteiger partial charge in [0.25, 0.3) is 0 Å². The van der Waals surface area contributed by atoms with Crippen LogP contribution in [0.3, 0.4) is 0 Å². The van der Waals surface area contributed by atoms with Gasteiger partial charge < -0.3 is 10.5 Å². The predicted octanol–water partition coefficient (Wildman–Crippen LogP) is 0.479. The Morgan fingerprint density at radius 1 is 1.67 bits per heavy atom. The van der Waals surface area contributed by atoms with Crippen LogP contribution in [0.1, 0.15) is 12.8 Å². The maximum Gasteiger partial charge on any atom is 0.126 e. The van der Waals surface area contributed by atoms with Crippen molar-refractivity contribution in [3.05, 3.63) is 12.2 Å². The summed E-state index contributed by atoms with van der Waals surface area (Å²) in [6, 6.07) is 0.199. The van der Waals surface area contributed by atoms with Crippen LogP contribution < -0.4 is 5.73 Å². The zero-order chi connectivity index (χ0) is 6.69. The molecule has 50 valence electrons. The van der Waals surface area contributed by atoms with E-state index in [0.29, 0.717) is 0 Å². The average Bonchev–Trinajstić information content (AvgIpc) is 1.88. The number of rotatable bonds is 1. The zero-order valence-corrected chi connectivity index (χ0v) is 5.29. The fraction of sp³-hybridized carbons (Fsp3) is 0.571. The molecule has 2 nitrogen and oxygen atoms in total. The maximum atomic E-state index is 10.2. The summed E-state index contributed by atoms with van der Waals surface area (Å²) in [5.41, 5.74) is 5.59. The van der Waals surface area contributed by atoms with Crippen molar-refractivity contribution in [1.29, 1.82) is 0 Å². The molecule has 0 radical (unpaired) electrons. The lowest BCUT2D eigenvalue weighted by Crippen LogP contribution is -2.25. The van der Waals surface area contributed by atoms with Crippen molar-refractivity contribution in [2.75, 3.05) is 0 Å². The average molecular weight is 125 g/mol. The lowest BCUT2D eigenvalue weighted by atomic mass is 9.94. The summed E-state index contributed by atoms with van der Waals surface area (Å²) in [6.45, 7) is 0. The molecule has 0 aliphatic heterocycles. The van der Waals surface area contributed by atoms with Crippen molar-refractivity contribution >= 4 is 6.29 Å². The first kappa shape index (κ1) is 6.49. The van der Waals surface area contributed by atoms with Gasteiger partial charge in [-0.2, -0.15) is 0 Å². The molecule has 2 unspecified atom stereocenters. The monoisotopic (exact) mass is 125 g/mol. The Morgan fingerprint density at radius 3 is 2.89 bits per heavy atom. The number of aldehydes is 1. The second-order valence-corrected chi connectivity index (χ2v) is 2.46. The Bertz CT molecular complexity index is 131. The maximum absolute atomic E-state index is 10.2. The summed E-state index contributed by atoms with van der Waals surface area (Å²) >= 11 is 0. The van der Waals surface area contributed by atoms with Gasteiger partial charge in [0, 0.05) is 12.0 Å². The molecule has 0 heterocycles. The topological polar surface area (TPSA) is 43.1 Å². The summed E-state index contributed by atoms with van der Waals surface area (Å²) in [5.74, 6) is 0.0775. The molecule has 0 aromatic carbocycles. The lowest BCUT2D eigenvalue weighted by Gasteiger charge is -2.16. The smallest absolute Gasteiger partial charge is 0.126 e. The van der Waals surface area contributed by atoms with Gasteiger partial charge in [0.2, 0.25) is 0 Å². The van der Waals surface area contributed by atoms with Gasteiger partial charge in [-0.05, 0) is 12.8 Å². The van der Waals surface area contributed by atoms with Crippen LogP contribution in [0.5, 0.6) is 0 Å². The number of hydrogen-bond acceptors (Lipinski definition) is 2. The van der Waals surface area contributed by atoms with E-state index < -0.39 is 0 Å². The van der Waals surface area contributed by atoms with Crippen LogP contribution in [0.2, 0.25) is 0 Å². The van der Waals surface area contributed by atoms with E-state index in [1.165, 1.54) is 0 Å². The highest BCUT2D eigenvalue weighted by Gasteiger charge is 2.12. The van der Waals surface area contributed by atoms with Gasteiger partial charge >= 0.3 is 0 Å². The molecule has 0 amide bonds. The number of nitrogens with two attached hydrogens (primary N) is 1. The molecular formula is C7H11NO. The van der Waals surface area contributed by atoms with Crippen LogP contribution >= 0.6 is 0 Å². The standard InChI is InChI=1S/C7H11NO/c8-7-3-1-2-6(4-7)5-9/h1-2,5-7H,3-4,8H2. The number of carbonyl (C=O) groups is 1. The predicted molar refractivity (Wildman–Crippen MR) is 35.9 cm³/mol. The molecule has 0 aromatic rings. The van der Waals surface area contributed by atoms with Crippen molar-refractivity contribution in [2.45, 2.75) is 18.9 Å². The minimum Gasteiger partial charge on any atom is -0.327 e.